The fourth-order valence-electron chi connectivity index (χ4n) is 5.00. The molecule has 5 rings (SSSR count). The second-order valence-electron chi connectivity index (χ2n) is 6.87. The second-order valence-corrected chi connectivity index (χ2v) is 6.87. The van der Waals surface area contributed by atoms with Gasteiger partial charge in [0.15, 0.2) is 17.6 Å². The van der Waals surface area contributed by atoms with Crippen LogP contribution in [0.2, 0.25) is 0 Å². The van der Waals surface area contributed by atoms with E-state index in [-0.39, 0.29) is 41.6 Å². The van der Waals surface area contributed by atoms with Crippen LogP contribution in [0.5, 0.6) is 0 Å². The van der Waals surface area contributed by atoms with Crippen LogP contribution in [-0.4, -0.2) is 36.6 Å². The van der Waals surface area contributed by atoms with E-state index in [1.54, 1.807) is 6.92 Å². The molecular formula is C18H18NO4+. The van der Waals surface area contributed by atoms with E-state index in [2.05, 4.69) is 24.4 Å². The third-order valence-electron chi connectivity index (χ3n) is 5.80. The molecule has 1 aromatic rings. The summed E-state index contributed by atoms with van der Waals surface area (Å²) in [6, 6.07) is 7.88. The highest BCUT2D eigenvalue weighted by atomic mass is 16.7. The molecule has 118 valence electrons. The molecule has 0 aliphatic carbocycles. The van der Waals surface area contributed by atoms with Crippen molar-refractivity contribution in [3.8, 4) is 0 Å². The first-order valence-electron chi connectivity index (χ1n) is 8.12. The Hall–Kier alpha value is -1.82. The fourth-order valence-corrected chi connectivity index (χ4v) is 5.00. The van der Waals surface area contributed by atoms with E-state index in [1.807, 2.05) is 12.1 Å². The minimum atomic E-state index is -0.744. The number of hydrogen-bond donors (Lipinski definition) is 1. The fraction of sp³-hybridized carbons (Fsp3) is 0.444. The van der Waals surface area contributed by atoms with Crippen molar-refractivity contribution in [3.63, 3.8) is 0 Å². The topological polar surface area (TPSA) is 57.0 Å². The first kappa shape index (κ1) is 13.6. The largest absolute Gasteiger partial charge is 0.343 e. The smallest absolute Gasteiger partial charge is 0.218 e. The zero-order valence-electron chi connectivity index (χ0n) is 12.8. The molecule has 0 aromatic heterocycles. The summed E-state index contributed by atoms with van der Waals surface area (Å²) in [5.74, 6) is -0.200. The van der Waals surface area contributed by atoms with Gasteiger partial charge in [-0.05, 0) is 11.6 Å². The summed E-state index contributed by atoms with van der Waals surface area (Å²) in [6.45, 7) is 2.03. The molecule has 4 aliphatic heterocycles. The van der Waals surface area contributed by atoms with E-state index in [0.717, 1.165) is 16.0 Å². The summed E-state index contributed by atoms with van der Waals surface area (Å²) in [7, 11) is 0. The molecule has 3 saturated heterocycles. The SMILES string of the molecule is CC(=O)[C@H]1[C@@H]2[C@H](C(=O)[C@@H]3OC[C@H]2O3)[C@@H]2c3ccccc3C=C[NH+]12. The molecule has 3 fully saturated rings. The number of carbonyl (C=O) groups excluding carboxylic acids is 2. The summed E-state index contributed by atoms with van der Waals surface area (Å²) in [5, 5.41) is 0. The van der Waals surface area contributed by atoms with E-state index in [0.29, 0.717) is 6.61 Å². The minimum Gasteiger partial charge on any atom is -0.343 e. The number of quaternary nitrogens is 1. The average Bonchev–Trinajstić information content (AvgIpc) is 3.13. The lowest BCUT2D eigenvalue weighted by Crippen LogP contribution is -3.11. The predicted octanol–water partition coefficient (Wildman–Crippen LogP) is 0.125. The van der Waals surface area contributed by atoms with Crippen molar-refractivity contribution in [2.75, 3.05) is 6.61 Å². The van der Waals surface area contributed by atoms with Gasteiger partial charge in [-0.1, -0.05) is 24.3 Å². The Kier molecular flexibility index (Phi) is 2.72. The van der Waals surface area contributed by atoms with Crippen molar-refractivity contribution in [1.82, 2.24) is 0 Å². The molecule has 5 nitrogen and oxygen atoms in total. The van der Waals surface area contributed by atoms with Crippen LogP contribution in [0.3, 0.4) is 0 Å². The Morgan fingerprint density at radius 1 is 1.30 bits per heavy atom. The van der Waals surface area contributed by atoms with E-state index in [9.17, 15) is 9.59 Å². The summed E-state index contributed by atoms with van der Waals surface area (Å²) >= 11 is 0. The molecule has 0 amide bonds. The molecule has 2 bridgehead atoms. The van der Waals surface area contributed by atoms with Gasteiger partial charge < -0.3 is 9.47 Å². The molecule has 0 spiro atoms. The van der Waals surface area contributed by atoms with Crippen LogP contribution in [0.1, 0.15) is 24.1 Å². The lowest BCUT2D eigenvalue weighted by molar-refractivity contribution is -0.885. The normalized spacial score (nSPS) is 43.0. The van der Waals surface area contributed by atoms with Gasteiger partial charge >= 0.3 is 0 Å². The predicted molar refractivity (Wildman–Crippen MR) is 80.2 cm³/mol. The standard InChI is InChI=1S/C18H17NO4/c1-9(20)15-13-12-8-22-18(23-12)17(21)14(13)16-11-5-3-2-4-10(11)6-7-19(15)16/h2-7,12-16,18H,8H2,1H3/p+1/t12-,13+,14+,15+,16+,18-/m1/s1. The molecule has 0 radical (unpaired) electrons. The van der Waals surface area contributed by atoms with Crippen LogP contribution in [0.25, 0.3) is 6.08 Å². The number of hydrogen-bond acceptors (Lipinski definition) is 4. The maximum absolute atomic E-state index is 12.9. The summed E-state index contributed by atoms with van der Waals surface area (Å²) in [4.78, 5) is 26.4. The first-order valence-corrected chi connectivity index (χ1v) is 8.12. The Morgan fingerprint density at radius 3 is 2.96 bits per heavy atom. The minimum absolute atomic E-state index is 0.0000954. The van der Waals surface area contributed by atoms with E-state index in [4.69, 9.17) is 9.47 Å². The number of rotatable bonds is 1. The highest BCUT2D eigenvalue weighted by Gasteiger charge is 2.66. The maximum atomic E-state index is 12.9. The number of Topliss-reactive ketones (excluding diaryl/α,β-unsaturated/α-hetero) is 2. The van der Waals surface area contributed by atoms with Crippen molar-refractivity contribution in [1.29, 1.82) is 0 Å². The van der Waals surface area contributed by atoms with Crippen molar-refractivity contribution in [3.05, 3.63) is 41.6 Å². The molecule has 1 N–H and O–H groups in total. The van der Waals surface area contributed by atoms with Crippen LogP contribution in [-0.2, 0) is 19.1 Å². The zero-order valence-corrected chi connectivity index (χ0v) is 12.8. The quantitative estimate of drug-likeness (QED) is 0.800. The van der Waals surface area contributed by atoms with Crippen LogP contribution in [0.4, 0.5) is 0 Å². The molecule has 4 heterocycles. The molecule has 1 unspecified atom stereocenters. The highest BCUT2D eigenvalue weighted by Crippen LogP contribution is 2.46. The van der Waals surface area contributed by atoms with Gasteiger partial charge in [-0.2, -0.15) is 0 Å². The van der Waals surface area contributed by atoms with Crippen LogP contribution in [0, 0.1) is 11.8 Å². The summed E-state index contributed by atoms with van der Waals surface area (Å²) in [6.07, 6.45) is 3.22. The van der Waals surface area contributed by atoms with E-state index < -0.39 is 6.29 Å². The number of carbonyl (C=O) groups is 2. The van der Waals surface area contributed by atoms with Crippen LogP contribution in [0.15, 0.2) is 30.5 Å². The number of ketones is 2. The first-order chi connectivity index (χ1) is 11.2. The zero-order chi connectivity index (χ0) is 15.7. The molecule has 23 heavy (non-hydrogen) atoms. The van der Waals surface area contributed by atoms with Crippen molar-refractivity contribution in [2.24, 2.45) is 11.8 Å². The van der Waals surface area contributed by atoms with Gasteiger partial charge in [0.1, 0.15) is 6.04 Å². The van der Waals surface area contributed by atoms with Gasteiger partial charge in [-0.15, -0.1) is 0 Å². The van der Waals surface area contributed by atoms with Gasteiger partial charge in [0, 0.05) is 12.5 Å². The Balaban J connectivity index is 1.70. The van der Waals surface area contributed by atoms with Crippen LogP contribution >= 0.6 is 0 Å². The number of benzene rings is 1. The number of nitrogens with one attached hydrogen (secondary N) is 1. The Bertz CT molecular complexity index is 742. The van der Waals surface area contributed by atoms with Gasteiger partial charge in [-0.25, -0.2) is 0 Å². The van der Waals surface area contributed by atoms with Gasteiger partial charge in [-0.3, -0.25) is 14.5 Å². The maximum Gasteiger partial charge on any atom is 0.218 e. The molecule has 4 aliphatic rings. The second kappa shape index (κ2) is 4.60. The van der Waals surface area contributed by atoms with Gasteiger partial charge in [0.05, 0.1) is 30.7 Å². The van der Waals surface area contributed by atoms with E-state index >= 15 is 0 Å². The Labute approximate surface area is 133 Å². The number of fused-ring (bicyclic) bond motifs is 8. The number of ether oxygens (including phenoxy) is 2. The Morgan fingerprint density at radius 2 is 2.13 bits per heavy atom. The average molecular weight is 312 g/mol. The van der Waals surface area contributed by atoms with Crippen molar-refractivity contribution in [2.45, 2.75) is 31.4 Å². The molecule has 5 heteroatoms. The van der Waals surface area contributed by atoms with Crippen molar-refractivity contribution < 1.29 is 24.0 Å². The van der Waals surface area contributed by atoms with Gasteiger partial charge in [0.2, 0.25) is 6.29 Å². The molecule has 1 aromatic carbocycles. The lowest BCUT2D eigenvalue weighted by Gasteiger charge is -2.30. The highest BCUT2D eigenvalue weighted by molar-refractivity contribution is 5.90. The summed E-state index contributed by atoms with van der Waals surface area (Å²) < 4.78 is 11.2. The van der Waals surface area contributed by atoms with Crippen molar-refractivity contribution >= 4 is 17.6 Å². The third kappa shape index (κ3) is 1.67. The summed E-state index contributed by atoms with van der Waals surface area (Å²) in [5.41, 5.74) is 2.29. The molecule has 0 saturated carbocycles. The third-order valence-corrected chi connectivity index (χ3v) is 5.80. The van der Waals surface area contributed by atoms with E-state index in [1.165, 1.54) is 0 Å². The lowest BCUT2D eigenvalue weighted by atomic mass is 9.76. The molecule has 7 atom stereocenters. The molecular weight excluding hydrogens is 294 g/mol. The monoisotopic (exact) mass is 312 g/mol. The van der Waals surface area contributed by atoms with Crippen LogP contribution < -0.4 is 4.90 Å². The van der Waals surface area contributed by atoms with Gasteiger partial charge in [0.25, 0.3) is 0 Å².